The first kappa shape index (κ1) is 13.5. The molecule has 17 heavy (non-hydrogen) atoms. The number of hydrazine groups is 1. The Balaban J connectivity index is 2.55. The number of carbonyl (C=O) groups is 1. The SMILES string of the molecule is CN(Cc1ccccc1)CC(F)(F)C(=O)NN. The summed E-state index contributed by atoms with van der Waals surface area (Å²) in [7, 11) is 1.52. The predicted molar refractivity (Wildman–Crippen MR) is 60.1 cm³/mol. The molecule has 4 nitrogen and oxygen atoms in total. The van der Waals surface area contributed by atoms with Crippen molar-refractivity contribution < 1.29 is 13.6 Å². The third-order valence-corrected chi connectivity index (χ3v) is 2.23. The first-order valence-corrected chi connectivity index (χ1v) is 5.07. The number of nitrogens with zero attached hydrogens (tertiary/aromatic N) is 1. The second-order valence-corrected chi connectivity index (χ2v) is 3.84. The Morgan fingerprint density at radius 3 is 2.53 bits per heavy atom. The summed E-state index contributed by atoms with van der Waals surface area (Å²) in [5, 5.41) is 0. The molecule has 3 N–H and O–H groups in total. The van der Waals surface area contributed by atoms with Gasteiger partial charge in [-0.15, -0.1) is 0 Å². The van der Waals surface area contributed by atoms with Gasteiger partial charge in [0.2, 0.25) is 0 Å². The van der Waals surface area contributed by atoms with Crippen LogP contribution in [0.2, 0.25) is 0 Å². The van der Waals surface area contributed by atoms with Crippen molar-refractivity contribution in [2.75, 3.05) is 13.6 Å². The molecular formula is C11H15F2N3O. The predicted octanol–water partition coefficient (Wildman–Crippen LogP) is 0.744. The lowest BCUT2D eigenvalue weighted by atomic mass is 10.2. The zero-order chi connectivity index (χ0) is 12.9. The number of hydrogen-bond donors (Lipinski definition) is 2. The first-order chi connectivity index (χ1) is 7.95. The molecule has 0 saturated heterocycles. The number of alkyl halides is 2. The maximum absolute atomic E-state index is 13.2. The van der Waals surface area contributed by atoms with Gasteiger partial charge < -0.3 is 0 Å². The van der Waals surface area contributed by atoms with E-state index >= 15 is 0 Å². The van der Waals surface area contributed by atoms with Gasteiger partial charge in [-0.1, -0.05) is 30.3 Å². The van der Waals surface area contributed by atoms with Gasteiger partial charge in [0.05, 0.1) is 6.54 Å². The van der Waals surface area contributed by atoms with Crippen LogP contribution in [0.4, 0.5) is 8.78 Å². The smallest absolute Gasteiger partial charge is 0.296 e. The summed E-state index contributed by atoms with van der Waals surface area (Å²) in [6.45, 7) is -0.334. The van der Waals surface area contributed by atoms with Crippen molar-refractivity contribution >= 4 is 5.91 Å². The fourth-order valence-corrected chi connectivity index (χ4v) is 1.47. The Bertz CT molecular complexity index is 370. The molecule has 0 bridgehead atoms. The molecule has 1 aromatic rings. The van der Waals surface area contributed by atoms with Gasteiger partial charge in [-0.2, -0.15) is 8.78 Å². The number of amides is 1. The normalized spacial score (nSPS) is 11.6. The van der Waals surface area contributed by atoms with Gasteiger partial charge in [0.15, 0.2) is 0 Å². The second-order valence-electron chi connectivity index (χ2n) is 3.84. The molecule has 0 aliphatic heterocycles. The van der Waals surface area contributed by atoms with Crippen LogP contribution in [0.25, 0.3) is 0 Å². The number of rotatable bonds is 5. The maximum atomic E-state index is 13.2. The van der Waals surface area contributed by atoms with E-state index in [0.29, 0.717) is 6.54 Å². The van der Waals surface area contributed by atoms with E-state index in [0.717, 1.165) is 5.56 Å². The summed E-state index contributed by atoms with van der Waals surface area (Å²) in [6.07, 6.45) is 0. The van der Waals surface area contributed by atoms with Crippen LogP contribution in [-0.2, 0) is 11.3 Å². The third kappa shape index (κ3) is 4.08. The molecule has 0 radical (unpaired) electrons. The fraction of sp³-hybridized carbons (Fsp3) is 0.364. The number of halogens is 2. The van der Waals surface area contributed by atoms with Crippen LogP contribution in [0.1, 0.15) is 5.56 Å². The van der Waals surface area contributed by atoms with Crippen molar-refractivity contribution in [2.45, 2.75) is 12.5 Å². The third-order valence-electron chi connectivity index (χ3n) is 2.23. The van der Waals surface area contributed by atoms with E-state index in [1.54, 1.807) is 0 Å². The lowest BCUT2D eigenvalue weighted by Gasteiger charge is -2.22. The Hall–Kier alpha value is -1.53. The largest absolute Gasteiger partial charge is 0.338 e. The summed E-state index contributed by atoms with van der Waals surface area (Å²) < 4.78 is 26.5. The van der Waals surface area contributed by atoms with Crippen LogP contribution in [0.5, 0.6) is 0 Å². The van der Waals surface area contributed by atoms with Crippen LogP contribution in [-0.4, -0.2) is 30.3 Å². The van der Waals surface area contributed by atoms with E-state index in [9.17, 15) is 13.6 Å². The van der Waals surface area contributed by atoms with Crippen LogP contribution in [0.15, 0.2) is 30.3 Å². The quantitative estimate of drug-likeness (QED) is 0.455. The number of carbonyl (C=O) groups excluding carboxylic acids is 1. The number of benzene rings is 1. The Morgan fingerprint density at radius 2 is 2.00 bits per heavy atom. The molecule has 6 heteroatoms. The minimum atomic E-state index is -3.49. The van der Waals surface area contributed by atoms with E-state index in [2.05, 4.69) is 5.84 Å². The van der Waals surface area contributed by atoms with Crippen LogP contribution >= 0.6 is 0 Å². The number of nitrogens with one attached hydrogen (secondary N) is 1. The fourth-order valence-electron chi connectivity index (χ4n) is 1.47. The van der Waals surface area contributed by atoms with Gasteiger partial charge in [0.1, 0.15) is 0 Å². The summed E-state index contributed by atoms with van der Waals surface area (Å²) in [5.41, 5.74) is 2.36. The monoisotopic (exact) mass is 243 g/mol. The van der Waals surface area contributed by atoms with E-state index < -0.39 is 18.4 Å². The van der Waals surface area contributed by atoms with Gasteiger partial charge in [-0.25, -0.2) is 5.84 Å². The van der Waals surface area contributed by atoms with Gasteiger partial charge in [0.25, 0.3) is 0 Å². The molecule has 0 aliphatic carbocycles. The second kappa shape index (κ2) is 5.70. The Kier molecular flexibility index (Phi) is 4.53. The minimum absolute atomic E-state index is 0.342. The molecule has 1 rings (SSSR count). The summed E-state index contributed by atoms with van der Waals surface area (Å²) in [5.74, 6) is -0.274. The number of nitrogens with two attached hydrogens (primary N) is 1. The van der Waals surface area contributed by atoms with Gasteiger partial charge in [-0.05, 0) is 12.6 Å². The van der Waals surface area contributed by atoms with Gasteiger partial charge >= 0.3 is 11.8 Å². The average molecular weight is 243 g/mol. The topological polar surface area (TPSA) is 58.4 Å². The van der Waals surface area contributed by atoms with Gasteiger partial charge in [-0.3, -0.25) is 15.1 Å². The van der Waals surface area contributed by atoms with Crippen molar-refractivity contribution in [3.63, 3.8) is 0 Å². The molecule has 0 atom stereocenters. The summed E-state index contributed by atoms with van der Waals surface area (Å²) in [6, 6.07) is 9.16. The summed E-state index contributed by atoms with van der Waals surface area (Å²) >= 11 is 0. The molecule has 0 fully saturated rings. The molecule has 0 aromatic heterocycles. The highest BCUT2D eigenvalue weighted by atomic mass is 19.3. The van der Waals surface area contributed by atoms with Crippen molar-refractivity contribution in [3.8, 4) is 0 Å². The van der Waals surface area contributed by atoms with E-state index in [1.807, 2.05) is 30.3 Å². The molecule has 0 spiro atoms. The van der Waals surface area contributed by atoms with Crippen LogP contribution in [0.3, 0.4) is 0 Å². The molecule has 1 amide bonds. The zero-order valence-electron chi connectivity index (χ0n) is 9.49. The zero-order valence-corrected chi connectivity index (χ0v) is 9.49. The highest BCUT2D eigenvalue weighted by molar-refractivity contribution is 5.82. The van der Waals surface area contributed by atoms with E-state index in [-0.39, 0.29) is 0 Å². The lowest BCUT2D eigenvalue weighted by molar-refractivity contribution is -0.148. The lowest BCUT2D eigenvalue weighted by Crippen LogP contribution is -2.49. The molecule has 0 aliphatic rings. The van der Waals surface area contributed by atoms with Crippen molar-refractivity contribution in [3.05, 3.63) is 35.9 Å². The Labute approximate surface area is 98.4 Å². The minimum Gasteiger partial charge on any atom is -0.296 e. The van der Waals surface area contributed by atoms with Crippen molar-refractivity contribution in [1.29, 1.82) is 0 Å². The highest BCUT2D eigenvalue weighted by Gasteiger charge is 2.39. The molecule has 0 unspecified atom stereocenters. The molecule has 0 saturated carbocycles. The highest BCUT2D eigenvalue weighted by Crippen LogP contribution is 2.15. The van der Waals surface area contributed by atoms with Crippen molar-refractivity contribution in [1.82, 2.24) is 10.3 Å². The number of hydrogen-bond acceptors (Lipinski definition) is 3. The molecule has 0 heterocycles. The molecular weight excluding hydrogens is 228 g/mol. The standard InChI is InChI=1S/C11H15F2N3O/c1-16(7-9-5-3-2-4-6-9)8-11(12,13)10(17)15-14/h2-6H,7-8,14H2,1H3,(H,15,17). The maximum Gasteiger partial charge on any atom is 0.338 e. The van der Waals surface area contributed by atoms with Crippen LogP contribution in [0, 0.1) is 0 Å². The van der Waals surface area contributed by atoms with Crippen LogP contribution < -0.4 is 11.3 Å². The average Bonchev–Trinajstić information content (AvgIpc) is 2.28. The Morgan fingerprint density at radius 1 is 1.41 bits per heavy atom. The summed E-state index contributed by atoms with van der Waals surface area (Å²) in [4.78, 5) is 12.2. The van der Waals surface area contributed by atoms with Gasteiger partial charge in [0, 0.05) is 6.54 Å². The first-order valence-electron chi connectivity index (χ1n) is 5.07. The molecule has 94 valence electrons. The molecule has 1 aromatic carbocycles. The van der Waals surface area contributed by atoms with Crippen molar-refractivity contribution in [2.24, 2.45) is 5.84 Å². The van der Waals surface area contributed by atoms with E-state index in [1.165, 1.54) is 17.4 Å². The van der Waals surface area contributed by atoms with E-state index in [4.69, 9.17) is 0 Å².